The first-order chi connectivity index (χ1) is 8.16. The monoisotopic (exact) mass is 311 g/mol. The second-order valence-corrected chi connectivity index (χ2v) is 5.09. The van der Waals surface area contributed by atoms with Crippen LogP contribution in [0.2, 0.25) is 0 Å². The lowest BCUT2D eigenvalue weighted by molar-refractivity contribution is 0.108. The Morgan fingerprint density at radius 3 is 2.76 bits per heavy atom. The van der Waals surface area contributed by atoms with Gasteiger partial charge >= 0.3 is 0 Å². The van der Waals surface area contributed by atoms with Crippen LogP contribution >= 0.6 is 27.7 Å². The highest BCUT2D eigenvalue weighted by Gasteiger charge is 2.13. The van der Waals surface area contributed by atoms with E-state index in [0.717, 1.165) is 11.8 Å². The van der Waals surface area contributed by atoms with Gasteiger partial charge in [0.2, 0.25) is 5.12 Å². The van der Waals surface area contributed by atoms with Gasteiger partial charge in [-0.2, -0.15) is 0 Å². The second kappa shape index (κ2) is 5.42. The van der Waals surface area contributed by atoms with Gasteiger partial charge in [-0.1, -0.05) is 22.0 Å². The molecule has 0 bridgehead atoms. The molecule has 0 unspecified atom stereocenters. The van der Waals surface area contributed by atoms with Crippen LogP contribution in [0, 0.1) is 5.82 Å². The van der Waals surface area contributed by atoms with Crippen molar-refractivity contribution >= 4 is 32.8 Å². The number of carbonyl (C=O) groups excluding carboxylic acids is 1. The van der Waals surface area contributed by atoms with Gasteiger partial charge in [0.1, 0.15) is 10.8 Å². The number of thioether (sulfide) groups is 1. The quantitative estimate of drug-likeness (QED) is 0.787. The molecule has 0 saturated carbocycles. The van der Waals surface area contributed by atoms with Crippen molar-refractivity contribution < 1.29 is 9.18 Å². The third-order valence-electron chi connectivity index (χ3n) is 1.99. The molecule has 2 rings (SSSR count). The molecule has 2 nitrogen and oxygen atoms in total. The zero-order chi connectivity index (χ0) is 12.3. The van der Waals surface area contributed by atoms with E-state index in [-0.39, 0.29) is 10.7 Å². The number of hydrogen-bond acceptors (Lipinski definition) is 3. The molecule has 0 N–H and O–H groups in total. The lowest BCUT2D eigenvalue weighted by Gasteiger charge is -2.02. The summed E-state index contributed by atoms with van der Waals surface area (Å²) < 4.78 is 14.1. The molecule has 0 aliphatic carbocycles. The van der Waals surface area contributed by atoms with Gasteiger partial charge in [-0.15, -0.1) is 0 Å². The number of nitrogens with zero attached hydrogens (tertiary/aromatic N) is 1. The maximum absolute atomic E-state index is 13.5. The van der Waals surface area contributed by atoms with Crippen LogP contribution in [0.5, 0.6) is 0 Å². The highest BCUT2D eigenvalue weighted by atomic mass is 79.9. The molecule has 0 atom stereocenters. The Morgan fingerprint density at radius 2 is 2.12 bits per heavy atom. The lowest BCUT2D eigenvalue weighted by Crippen LogP contribution is -1.98. The highest BCUT2D eigenvalue weighted by molar-refractivity contribution is 9.10. The SMILES string of the molecule is O=C(Sc1ccccn1)c1ccc(Br)cc1F. The van der Waals surface area contributed by atoms with Gasteiger partial charge in [0, 0.05) is 10.7 Å². The summed E-state index contributed by atoms with van der Waals surface area (Å²) in [5, 5.41) is 0.202. The van der Waals surface area contributed by atoms with Crippen molar-refractivity contribution in [3.63, 3.8) is 0 Å². The molecule has 0 radical (unpaired) electrons. The third kappa shape index (κ3) is 3.14. The summed E-state index contributed by atoms with van der Waals surface area (Å²) in [6.45, 7) is 0. The van der Waals surface area contributed by atoms with Gasteiger partial charge in [-0.3, -0.25) is 4.79 Å². The zero-order valence-electron chi connectivity index (χ0n) is 8.56. The van der Waals surface area contributed by atoms with Crippen molar-refractivity contribution in [2.75, 3.05) is 0 Å². The van der Waals surface area contributed by atoms with E-state index in [0.29, 0.717) is 9.50 Å². The highest BCUT2D eigenvalue weighted by Crippen LogP contribution is 2.23. The Hall–Kier alpha value is -1.20. The van der Waals surface area contributed by atoms with E-state index in [2.05, 4.69) is 20.9 Å². The summed E-state index contributed by atoms with van der Waals surface area (Å²) in [5.41, 5.74) is 0.0591. The summed E-state index contributed by atoms with van der Waals surface area (Å²) in [7, 11) is 0. The van der Waals surface area contributed by atoms with Crippen LogP contribution < -0.4 is 0 Å². The normalized spacial score (nSPS) is 10.2. The third-order valence-corrected chi connectivity index (χ3v) is 3.34. The first-order valence-corrected chi connectivity index (χ1v) is 6.36. The van der Waals surface area contributed by atoms with Crippen LogP contribution in [-0.4, -0.2) is 10.1 Å². The van der Waals surface area contributed by atoms with Crippen molar-refractivity contribution in [1.82, 2.24) is 4.98 Å². The van der Waals surface area contributed by atoms with Crippen LogP contribution in [0.1, 0.15) is 10.4 Å². The fourth-order valence-electron chi connectivity index (χ4n) is 1.21. The van der Waals surface area contributed by atoms with Crippen LogP contribution in [0.4, 0.5) is 4.39 Å². The first-order valence-electron chi connectivity index (χ1n) is 4.75. The summed E-state index contributed by atoms with van der Waals surface area (Å²) in [6, 6.07) is 9.60. The maximum Gasteiger partial charge on any atom is 0.228 e. The molecule has 0 amide bonds. The summed E-state index contributed by atoms with van der Waals surface area (Å²) in [4.78, 5) is 15.8. The van der Waals surface area contributed by atoms with Crippen molar-refractivity contribution in [3.05, 3.63) is 58.4 Å². The van der Waals surface area contributed by atoms with Gasteiger partial charge in [0.15, 0.2) is 0 Å². The van der Waals surface area contributed by atoms with E-state index in [1.807, 2.05) is 0 Å². The molecule has 17 heavy (non-hydrogen) atoms. The number of halogens is 2. The van der Waals surface area contributed by atoms with Gasteiger partial charge in [-0.25, -0.2) is 9.37 Å². The van der Waals surface area contributed by atoms with Gasteiger partial charge < -0.3 is 0 Å². The molecule has 0 spiro atoms. The standard InChI is InChI=1S/C12H7BrFNOS/c13-8-4-5-9(10(14)7-8)12(16)17-11-3-1-2-6-15-11/h1-7H. The lowest BCUT2D eigenvalue weighted by atomic mass is 10.2. The number of pyridine rings is 1. The Balaban J connectivity index is 2.21. The van der Waals surface area contributed by atoms with Crippen LogP contribution in [-0.2, 0) is 0 Å². The van der Waals surface area contributed by atoms with E-state index in [9.17, 15) is 9.18 Å². The Morgan fingerprint density at radius 1 is 1.29 bits per heavy atom. The van der Waals surface area contributed by atoms with Gasteiger partial charge in [-0.05, 0) is 42.1 Å². The van der Waals surface area contributed by atoms with E-state index >= 15 is 0 Å². The molecule has 1 aromatic heterocycles. The van der Waals surface area contributed by atoms with Crippen LogP contribution in [0.25, 0.3) is 0 Å². The molecule has 2 aromatic rings. The largest absolute Gasteiger partial charge is 0.281 e. The van der Waals surface area contributed by atoms with E-state index in [1.165, 1.54) is 12.1 Å². The summed E-state index contributed by atoms with van der Waals surface area (Å²) in [6.07, 6.45) is 1.59. The minimum absolute atomic E-state index is 0.0591. The maximum atomic E-state index is 13.5. The van der Waals surface area contributed by atoms with Crippen LogP contribution in [0.15, 0.2) is 52.1 Å². The topological polar surface area (TPSA) is 30.0 Å². The van der Waals surface area contributed by atoms with Crippen molar-refractivity contribution in [3.8, 4) is 0 Å². The average Bonchev–Trinajstić information content (AvgIpc) is 2.30. The molecule has 0 saturated heterocycles. The first kappa shape index (κ1) is 12.3. The number of hydrogen-bond donors (Lipinski definition) is 0. The molecular weight excluding hydrogens is 305 g/mol. The second-order valence-electron chi connectivity index (χ2n) is 3.18. The molecular formula is C12H7BrFNOS. The molecule has 0 aliphatic rings. The fraction of sp³-hybridized carbons (Fsp3) is 0. The van der Waals surface area contributed by atoms with Gasteiger partial charge in [0.25, 0.3) is 0 Å². The minimum Gasteiger partial charge on any atom is -0.281 e. The molecule has 5 heteroatoms. The predicted octanol–water partition coefficient (Wildman–Crippen LogP) is 3.92. The summed E-state index contributed by atoms with van der Waals surface area (Å²) in [5.74, 6) is -0.534. The molecule has 1 aromatic carbocycles. The minimum atomic E-state index is -0.534. The Kier molecular flexibility index (Phi) is 3.91. The fourth-order valence-corrected chi connectivity index (χ4v) is 2.27. The average molecular weight is 312 g/mol. The van der Waals surface area contributed by atoms with Crippen LogP contribution in [0.3, 0.4) is 0 Å². The Bertz CT molecular complexity index is 547. The smallest absolute Gasteiger partial charge is 0.228 e. The zero-order valence-corrected chi connectivity index (χ0v) is 11.0. The van der Waals surface area contributed by atoms with Crippen molar-refractivity contribution in [2.45, 2.75) is 5.03 Å². The van der Waals surface area contributed by atoms with Gasteiger partial charge in [0.05, 0.1) is 5.56 Å². The number of aromatic nitrogens is 1. The molecule has 1 heterocycles. The number of benzene rings is 1. The predicted molar refractivity (Wildman–Crippen MR) is 68.5 cm³/mol. The Labute approximate surface area is 110 Å². The molecule has 0 fully saturated rings. The van der Waals surface area contributed by atoms with Crippen molar-refractivity contribution in [2.24, 2.45) is 0 Å². The van der Waals surface area contributed by atoms with E-state index in [1.54, 1.807) is 30.5 Å². The number of carbonyl (C=O) groups is 1. The summed E-state index contributed by atoms with van der Waals surface area (Å²) >= 11 is 4.05. The molecule has 0 aliphatic heterocycles. The molecule has 86 valence electrons. The van der Waals surface area contributed by atoms with E-state index < -0.39 is 5.82 Å². The van der Waals surface area contributed by atoms with E-state index in [4.69, 9.17) is 0 Å². The number of rotatable bonds is 2. The van der Waals surface area contributed by atoms with Crippen molar-refractivity contribution in [1.29, 1.82) is 0 Å².